The molecule has 0 radical (unpaired) electrons. The summed E-state index contributed by atoms with van der Waals surface area (Å²) < 4.78 is 0. The van der Waals surface area contributed by atoms with Crippen LogP contribution < -0.4 is 9.41 Å². The van der Waals surface area contributed by atoms with Gasteiger partial charge >= 0.3 is 26.2 Å². The Balaban J connectivity index is 0. The van der Waals surface area contributed by atoms with Crippen LogP contribution in [0.4, 0.5) is 0 Å². The SMILES string of the molecule is CCCCc1cc2ccccc2[cH-]1.CC[c-]1c(C)c(C)c(C)c1C.[F-].[F-].[Zr+4]. The van der Waals surface area contributed by atoms with E-state index in [0.717, 1.165) is 0 Å². The van der Waals surface area contributed by atoms with E-state index in [-0.39, 0.29) is 35.6 Å². The quantitative estimate of drug-likeness (QED) is 0.524. The topological polar surface area (TPSA) is 0 Å². The molecular weight excluding hydrogens is 417 g/mol. The van der Waals surface area contributed by atoms with E-state index in [1.165, 1.54) is 64.3 Å². The van der Waals surface area contributed by atoms with Crippen LogP contribution in [-0.2, 0) is 39.0 Å². The zero-order chi connectivity index (χ0) is 17.7. The van der Waals surface area contributed by atoms with E-state index >= 15 is 0 Å². The van der Waals surface area contributed by atoms with Crippen molar-refractivity contribution in [3.8, 4) is 0 Å². The molecule has 3 aromatic rings. The summed E-state index contributed by atoms with van der Waals surface area (Å²) in [5.41, 5.74) is 9.02. The Labute approximate surface area is 183 Å². The first-order valence-corrected chi connectivity index (χ1v) is 9.35. The number of benzene rings is 1. The predicted molar refractivity (Wildman–Crippen MR) is 109 cm³/mol. The molecule has 0 spiro atoms. The molecule has 0 atom stereocenters. The fourth-order valence-corrected chi connectivity index (χ4v) is 3.57. The van der Waals surface area contributed by atoms with Gasteiger partial charge in [0, 0.05) is 0 Å². The number of unbranched alkanes of at least 4 members (excludes halogenated alkanes) is 1. The van der Waals surface area contributed by atoms with Crippen molar-refractivity contribution in [3.63, 3.8) is 0 Å². The number of aryl methyl sites for hydroxylation is 1. The molecule has 3 heteroatoms. The van der Waals surface area contributed by atoms with Crippen molar-refractivity contribution < 1.29 is 35.6 Å². The smallest absolute Gasteiger partial charge is 1.00 e. The predicted octanol–water partition coefficient (Wildman–Crippen LogP) is 1.11. The Bertz CT molecular complexity index is 738. The van der Waals surface area contributed by atoms with E-state index in [2.05, 4.69) is 77.9 Å². The normalized spacial score (nSPS) is 9.56. The van der Waals surface area contributed by atoms with Crippen LogP contribution in [0.2, 0.25) is 0 Å². The molecule has 0 aliphatic carbocycles. The van der Waals surface area contributed by atoms with Crippen molar-refractivity contribution in [2.24, 2.45) is 0 Å². The summed E-state index contributed by atoms with van der Waals surface area (Å²) in [6, 6.07) is 13.2. The van der Waals surface area contributed by atoms with E-state index in [1.54, 1.807) is 5.56 Å². The van der Waals surface area contributed by atoms with Gasteiger partial charge in [-0.1, -0.05) is 66.9 Å². The van der Waals surface area contributed by atoms with Crippen LogP contribution in [0.5, 0.6) is 0 Å². The molecule has 0 amide bonds. The molecule has 0 N–H and O–H groups in total. The van der Waals surface area contributed by atoms with Gasteiger partial charge in [0.1, 0.15) is 0 Å². The third-order valence-electron chi connectivity index (χ3n) is 5.44. The zero-order valence-corrected chi connectivity index (χ0v) is 20.0. The molecule has 27 heavy (non-hydrogen) atoms. The third-order valence-corrected chi connectivity index (χ3v) is 5.44. The molecule has 0 fully saturated rings. The van der Waals surface area contributed by atoms with Gasteiger partial charge in [-0.05, 0) is 6.42 Å². The Morgan fingerprint density at radius 1 is 0.889 bits per heavy atom. The maximum atomic E-state index is 2.31. The van der Waals surface area contributed by atoms with Crippen molar-refractivity contribution in [2.75, 3.05) is 0 Å². The monoisotopic (exact) mass is 448 g/mol. The van der Waals surface area contributed by atoms with Crippen LogP contribution in [-0.4, -0.2) is 0 Å². The first-order chi connectivity index (χ1) is 11.5. The standard InChI is InChI=1S/C13H15.C11H17.2FH.Zr/c1-2-3-6-11-9-12-7-4-5-8-13(12)10-11;1-6-11-9(4)7(2)8(3)10(11)5;;;/h4-5,7-10H,2-3,6H2,1H3;6H2,1-5H3;2*1H;/q2*-1;;;+4/p-2. The summed E-state index contributed by atoms with van der Waals surface area (Å²) in [5, 5.41) is 2.77. The average molecular weight is 450 g/mol. The molecule has 0 heterocycles. The number of fused-ring (bicyclic) bond motifs is 1. The van der Waals surface area contributed by atoms with Crippen LogP contribution in [0.25, 0.3) is 10.8 Å². The van der Waals surface area contributed by atoms with Gasteiger partial charge in [-0.15, -0.1) is 40.6 Å². The van der Waals surface area contributed by atoms with Crippen LogP contribution in [0.1, 0.15) is 60.1 Å². The summed E-state index contributed by atoms with van der Waals surface area (Å²) in [7, 11) is 0. The second-order valence-electron chi connectivity index (χ2n) is 6.93. The van der Waals surface area contributed by atoms with Crippen LogP contribution >= 0.6 is 0 Å². The second-order valence-corrected chi connectivity index (χ2v) is 6.93. The molecule has 0 nitrogen and oxygen atoms in total. The van der Waals surface area contributed by atoms with Crippen molar-refractivity contribution in [1.29, 1.82) is 0 Å². The van der Waals surface area contributed by atoms with Gasteiger partial charge in [0.2, 0.25) is 0 Å². The zero-order valence-electron chi connectivity index (χ0n) is 17.5. The molecule has 0 aliphatic rings. The van der Waals surface area contributed by atoms with Gasteiger partial charge in [0.25, 0.3) is 0 Å². The molecule has 0 aromatic heterocycles. The van der Waals surface area contributed by atoms with Gasteiger partial charge in [0.05, 0.1) is 0 Å². The van der Waals surface area contributed by atoms with Crippen molar-refractivity contribution in [3.05, 3.63) is 69.8 Å². The fourth-order valence-electron chi connectivity index (χ4n) is 3.57. The minimum absolute atomic E-state index is 0. The van der Waals surface area contributed by atoms with Gasteiger partial charge in [-0.3, -0.25) is 0 Å². The average Bonchev–Trinajstić information content (AvgIpc) is 3.09. The number of rotatable bonds is 4. The maximum absolute atomic E-state index is 2.31. The van der Waals surface area contributed by atoms with E-state index in [9.17, 15) is 0 Å². The first kappa shape index (κ1) is 28.1. The van der Waals surface area contributed by atoms with Crippen LogP contribution in [0.15, 0.2) is 36.4 Å². The number of hydrogen-bond acceptors (Lipinski definition) is 0. The van der Waals surface area contributed by atoms with Gasteiger partial charge in [-0.2, -0.15) is 33.9 Å². The largest absolute Gasteiger partial charge is 4.00 e. The Kier molecular flexibility index (Phi) is 13.7. The van der Waals surface area contributed by atoms with Crippen molar-refractivity contribution in [1.82, 2.24) is 0 Å². The molecule has 3 aromatic carbocycles. The van der Waals surface area contributed by atoms with E-state index in [0.29, 0.717) is 0 Å². The van der Waals surface area contributed by atoms with E-state index < -0.39 is 0 Å². The summed E-state index contributed by atoms with van der Waals surface area (Å²) in [4.78, 5) is 0. The molecule has 0 bridgehead atoms. The Hall–Kier alpha value is -1.08. The van der Waals surface area contributed by atoms with E-state index in [1.807, 2.05) is 0 Å². The molecular formula is C24H32F2Zr. The van der Waals surface area contributed by atoms with Crippen LogP contribution in [0.3, 0.4) is 0 Å². The van der Waals surface area contributed by atoms with Crippen molar-refractivity contribution in [2.45, 2.75) is 67.2 Å². The molecule has 0 saturated carbocycles. The summed E-state index contributed by atoms with van der Waals surface area (Å²) in [6.07, 6.45) is 4.98. The van der Waals surface area contributed by atoms with Crippen molar-refractivity contribution >= 4 is 10.8 Å². The van der Waals surface area contributed by atoms with Gasteiger partial charge in [0.15, 0.2) is 0 Å². The fraction of sp³-hybridized carbons (Fsp3) is 0.417. The van der Waals surface area contributed by atoms with E-state index in [4.69, 9.17) is 0 Å². The molecule has 3 rings (SSSR count). The minimum atomic E-state index is 0. The summed E-state index contributed by atoms with van der Waals surface area (Å²) in [6.45, 7) is 13.4. The summed E-state index contributed by atoms with van der Waals surface area (Å²) >= 11 is 0. The molecule has 0 saturated heterocycles. The number of hydrogen-bond donors (Lipinski definition) is 0. The number of halogens is 2. The summed E-state index contributed by atoms with van der Waals surface area (Å²) in [5.74, 6) is 0. The van der Waals surface area contributed by atoms with Gasteiger partial charge in [-0.25, -0.2) is 0 Å². The molecule has 0 unspecified atom stereocenters. The minimum Gasteiger partial charge on any atom is -1.00 e. The molecule has 0 aliphatic heterocycles. The first-order valence-electron chi connectivity index (χ1n) is 9.35. The Morgan fingerprint density at radius 2 is 1.44 bits per heavy atom. The Morgan fingerprint density at radius 3 is 1.89 bits per heavy atom. The maximum Gasteiger partial charge on any atom is 4.00 e. The van der Waals surface area contributed by atoms with Gasteiger partial charge < -0.3 is 9.41 Å². The molecule has 146 valence electrons. The van der Waals surface area contributed by atoms with Crippen LogP contribution in [0, 0.1) is 27.7 Å². The second kappa shape index (κ2) is 13.2. The third kappa shape index (κ3) is 6.79.